The first-order valence-corrected chi connectivity index (χ1v) is 8.34. The molecular formula is C15H20N4OS. The molecule has 0 bridgehead atoms. The van der Waals surface area contributed by atoms with Gasteiger partial charge in [-0.15, -0.1) is 11.3 Å². The van der Waals surface area contributed by atoms with Crippen molar-refractivity contribution in [1.29, 1.82) is 0 Å². The lowest BCUT2D eigenvalue weighted by Crippen LogP contribution is -2.31. The number of thiophene rings is 1. The average Bonchev–Trinajstić information content (AvgIpc) is 3.01. The van der Waals surface area contributed by atoms with Crippen LogP contribution in [0.5, 0.6) is 0 Å². The molecule has 2 aromatic heterocycles. The molecule has 2 unspecified atom stereocenters. The van der Waals surface area contributed by atoms with Gasteiger partial charge in [0.2, 0.25) is 0 Å². The largest absolute Gasteiger partial charge is 0.380 e. The van der Waals surface area contributed by atoms with E-state index in [1.807, 2.05) is 0 Å². The highest BCUT2D eigenvalue weighted by atomic mass is 32.1. The molecule has 5 nitrogen and oxygen atoms in total. The molecular weight excluding hydrogens is 284 g/mol. The first-order chi connectivity index (χ1) is 10.2. The van der Waals surface area contributed by atoms with E-state index >= 15 is 0 Å². The Kier molecular flexibility index (Phi) is 3.32. The zero-order valence-electron chi connectivity index (χ0n) is 12.2. The minimum atomic E-state index is 0.333. The molecule has 112 valence electrons. The fourth-order valence-electron chi connectivity index (χ4n) is 3.26. The molecule has 1 aliphatic carbocycles. The molecule has 2 aliphatic rings. The molecule has 1 saturated heterocycles. The molecule has 2 N–H and O–H groups in total. The SMILES string of the molecule is CN(c1ncnc2sc(C3COC3)cc12)C1CCC(N)C1. The maximum atomic E-state index is 6.05. The van der Waals surface area contributed by atoms with Gasteiger partial charge in [0.1, 0.15) is 17.0 Å². The van der Waals surface area contributed by atoms with Crippen LogP contribution in [0.25, 0.3) is 10.2 Å². The lowest BCUT2D eigenvalue weighted by Gasteiger charge is -2.26. The zero-order chi connectivity index (χ0) is 14.4. The van der Waals surface area contributed by atoms with Crippen molar-refractivity contribution in [3.63, 3.8) is 0 Å². The Labute approximate surface area is 128 Å². The number of rotatable bonds is 3. The van der Waals surface area contributed by atoms with Gasteiger partial charge < -0.3 is 15.4 Å². The molecule has 1 saturated carbocycles. The summed E-state index contributed by atoms with van der Waals surface area (Å²) in [6.07, 6.45) is 4.99. The number of fused-ring (bicyclic) bond motifs is 1. The molecule has 0 spiro atoms. The molecule has 0 amide bonds. The molecule has 1 aliphatic heterocycles. The minimum Gasteiger partial charge on any atom is -0.380 e. The first kappa shape index (κ1) is 13.4. The molecule has 0 radical (unpaired) electrons. The second kappa shape index (κ2) is 5.19. The summed E-state index contributed by atoms with van der Waals surface area (Å²) in [4.78, 5) is 13.7. The number of hydrogen-bond donors (Lipinski definition) is 1. The Morgan fingerprint density at radius 2 is 2.19 bits per heavy atom. The van der Waals surface area contributed by atoms with Gasteiger partial charge in [0.05, 0.1) is 18.6 Å². The highest BCUT2D eigenvalue weighted by Crippen LogP contribution is 2.37. The van der Waals surface area contributed by atoms with Crippen LogP contribution in [0.15, 0.2) is 12.4 Å². The maximum Gasteiger partial charge on any atom is 0.140 e. The molecule has 6 heteroatoms. The summed E-state index contributed by atoms with van der Waals surface area (Å²) >= 11 is 1.77. The van der Waals surface area contributed by atoms with Crippen LogP contribution in [0, 0.1) is 0 Å². The van der Waals surface area contributed by atoms with Gasteiger partial charge in [-0.3, -0.25) is 0 Å². The van der Waals surface area contributed by atoms with Crippen molar-refractivity contribution in [3.8, 4) is 0 Å². The molecule has 2 atom stereocenters. The maximum absolute atomic E-state index is 6.05. The molecule has 21 heavy (non-hydrogen) atoms. The Hall–Kier alpha value is -1.24. The summed E-state index contributed by atoms with van der Waals surface area (Å²) < 4.78 is 5.30. The smallest absolute Gasteiger partial charge is 0.140 e. The van der Waals surface area contributed by atoms with Crippen molar-refractivity contribution >= 4 is 27.4 Å². The van der Waals surface area contributed by atoms with Gasteiger partial charge in [-0.25, -0.2) is 9.97 Å². The van der Waals surface area contributed by atoms with Gasteiger partial charge in [0.25, 0.3) is 0 Å². The first-order valence-electron chi connectivity index (χ1n) is 7.53. The summed E-state index contributed by atoms with van der Waals surface area (Å²) in [6.45, 7) is 1.67. The van der Waals surface area contributed by atoms with E-state index < -0.39 is 0 Å². The van der Waals surface area contributed by atoms with Crippen LogP contribution in [0.4, 0.5) is 5.82 Å². The van der Waals surface area contributed by atoms with Crippen molar-refractivity contribution in [3.05, 3.63) is 17.3 Å². The Bertz CT molecular complexity index is 654. The van der Waals surface area contributed by atoms with Crippen LogP contribution >= 0.6 is 11.3 Å². The number of aromatic nitrogens is 2. The summed E-state index contributed by atoms with van der Waals surface area (Å²) in [6, 6.07) is 3.09. The summed E-state index contributed by atoms with van der Waals surface area (Å²) in [7, 11) is 2.13. The summed E-state index contributed by atoms with van der Waals surface area (Å²) in [5.74, 6) is 1.59. The predicted octanol–water partition coefficient (Wildman–Crippen LogP) is 2.12. The third-order valence-corrected chi connectivity index (χ3v) is 5.90. The van der Waals surface area contributed by atoms with Crippen LogP contribution in [0.3, 0.4) is 0 Å². The van der Waals surface area contributed by atoms with E-state index in [0.29, 0.717) is 18.0 Å². The molecule has 4 rings (SSSR count). The van der Waals surface area contributed by atoms with E-state index in [0.717, 1.165) is 43.1 Å². The fourth-order valence-corrected chi connectivity index (χ4v) is 4.32. The molecule has 0 aromatic carbocycles. The van der Waals surface area contributed by atoms with Gasteiger partial charge in [-0.05, 0) is 25.3 Å². The van der Waals surface area contributed by atoms with E-state index in [2.05, 4.69) is 28.0 Å². The number of hydrogen-bond acceptors (Lipinski definition) is 6. The zero-order valence-corrected chi connectivity index (χ0v) is 13.0. The normalized spacial score (nSPS) is 26.2. The standard InChI is InChI=1S/C15H20N4OS/c1-19(11-3-2-10(16)4-11)14-12-5-13(9-6-20-7-9)21-15(12)18-8-17-14/h5,8-11H,2-4,6-7,16H2,1H3. The van der Waals surface area contributed by atoms with Crippen molar-refractivity contribution in [2.75, 3.05) is 25.2 Å². The van der Waals surface area contributed by atoms with Crippen molar-refractivity contribution in [2.24, 2.45) is 5.73 Å². The lowest BCUT2D eigenvalue weighted by molar-refractivity contribution is 0.00991. The Morgan fingerprint density at radius 3 is 2.86 bits per heavy atom. The highest BCUT2D eigenvalue weighted by molar-refractivity contribution is 7.18. The van der Waals surface area contributed by atoms with Crippen LogP contribution < -0.4 is 10.6 Å². The fraction of sp³-hybridized carbons (Fsp3) is 0.600. The van der Waals surface area contributed by atoms with E-state index in [1.54, 1.807) is 17.7 Å². The number of nitrogens with two attached hydrogens (primary N) is 1. The number of ether oxygens (including phenoxy) is 1. The number of anilines is 1. The van der Waals surface area contributed by atoms with Gasteiger partial charge >= 0.3 is 0 Å². The molecule has 2 aromatic rings. The minimum absolute atomic E-state index is 0.333. The Morgan fingerprint density at radius 1 is 1.33 bits per heavy atom. The van der Waals surface area contributed by atoms with Crippen molar-refractivity contribution in [2.45, 2.75) is 37.3 Å². The summed E-state index contributed by atoms with van der Waals surface area (Å²) in [5.41, 5.74) is 6.05. The van der Waals surface area contributed by atoms with Crippen LogP contribution in [-0.2, 0) is 4.74 Å². The van der Waals surface area contributed by atoms with Gasteiger partial charge in [0.15, 0.2) is 0 Å². The van der Waals surface area contributed by atoms with Crippen LogP contribution in [0.2, 0.25) is 0 Å². The lowest BCUT2D eigenvalue weighted by atomic mass is 10.1. The van der Waals surface area contributed by atoms with Gasteiger partial charge in [-0.2, -0.15) is 0 Å². The van der Waals surface area contributed by atoms with Crippen LogP contribution in [0.1, 0.15) is 30.1 Å². The second-order valence-electron chi connectivity index (χ2n) is 6.14. The number of nitrogens with zero attached hydrogens (tertiary/aromatic N) is 3. The highest BCUT2D eigenvalue weighted by Gasteiger charge is 2.28. The predicted molar refractivity (Wildman–Crippen MR) is 85.0 cm³/mol. The van der Waals surface area contributed by atoms with E-state index in [-0.39, 0.29) is 0 Å². The van der Waals surface area contributed by atoms with Crippen LogP contribution in [-0.4, -0.2) is 42.3 Å². The summed E-state index contributed by atoms with van der Waals surface area (Å²) in [5, 5.41) is 1.17. The van der Waals surface area contributed by atoms with Gasteiger partial charge in [0, 0.05) is 29.9 Å². The van der Waals surface area contributed by atoms with E-state index in [1.165, 1.54) is 10.3 Å². The Balaban J connectivity index is 1.68. The second-order valence-corrected chi connectivity index (χ2v) is 7.20. The van der Waals surface area contributed by atoms with Crippen molar-refractivity contribution in [1.82, 2.24) is 9.97 Å². The monoisotopic (exact) mass is 304 g/mol. The third-order valence-electron chi connectivity index (χ3n) is 4.70. The van der Waals surface area contributed by atoms with Crippen molar-refractivity contribution < 1.29 is 4.74 Å². The average molecular weight is 304 g/mol. The molecule has 3 heterocycles. The third kappa shape index (κ3) is 2.31. The topological polar surface area (TPSA) is 64.3 Å². The molecule has 2 fully saturated rings. The van der Waals surface area contributed by atoms with E-state index in [9.17, 15) is 0 Å². The quantitative estimate of drug-likeness (QED) is 0.941. The van der Waals surface area contributed by atoms with E-state index in [4.69, 9.17) is 10.5 Å². The van der Waals surface area contributed by atoms with Gasteiger partial charge in [-0.1, -0.05) is 0 Å².